The fraction of sp³-hybridized carbons (Fsp3) is 0.0222. The molecule has 9 aromatic rings. The Morgan fingerprint density at radius 3 is 1.62 bits per heavy atom. The number of fused-ring (bicyclic) bond motifs is 6. The molecule has 5 heteroatoms. The number of para-hydroxylation sites is 3. The van der Waals surface area contributed by atoms with Crippen molar-refractivity contribution in [2.24, 2.45) is 9.98 Å². The molecule has 1 aliphatic rings. The molecule has 0 aliphatic carbocycles. The van der Waals surface area contributed by atoms with Crippen LogP contribution < -0.4 is 5.32 Å². The predicted molar refractivity (Wildman–Crippen MR) is 207 cm³/mol. The first-order valence-corrected chi connectivity index (χ1v) is 17.0. The van der Waals surface area contributed by atoms with Gasteiger partial charge in [0.1, 0.15) is 5.84 Å². The van der Waals surface area contributed by atoms with Crippen molar-refractivity contribution in [1.29, 1.82) is 0 Å². The number of hydrogen-bond donors (Lipinski definition) is 1. The molecule has 5 nitrogen and oxygen atoms in total. The second kappa shape index (κ2) is 11.5. The van der Waals surface area contributed by atoms with Crippen molar-refractivity contribution in [2.45, 2.75) is 6.29 Å². The van der Waals surface area contributed by atoms with E-state index in [4.69, 9.17) is 9.98 Å². The van der Waals surface area contributed by atoms with E-state index in [1.54, 1.807) is 0 Å². The number of rotatable bonds is 5. The van der Waals surface area contributed by atoms with Gasteiger partial charge in [0.15, 0.2) is 5.84 Å². The van der Waals surface area contributed by atoms with Gasteiger partial charge in [-0.1, -0.05) is 127 Å². The third-order valence-electron chi connectivity index (χ3n) is 9.78. The number of benzene rings is 7. The second-order valence-electron chi connectivity index (χ2n) is 12.7. The lowest BCUT2D eigenvalue weighted by molar-refractivity contribution is 0.516. The minimum Gasteiger partial charge on any atom is -0.331 e. The van der Waals surface area contributed by atoms with Gasteiger partial charge in [-0.25, -0.2) is 9.98 Å². The third kappa shape index (κ3) is 4.55. The summed E-state index contributed by atoms with van der Waals surface area (Å²) in [4.78, 5) is 10.2. The summed E-state index contributed by atoms with van der Waals surface area (Å²) in [7, 11) is 0. The summed E-state index contributed by atoms with van der Waals surface area (Å²) in [5, 5.41) is 8.54. The molecular formula is C45H31N5. The van der Waals surface area contributed by atoms with Gasteiger partial charge in [-0.2, -0.15) is 0 Å². The lowest BCUT2D eigenvalue weighted by Crippen LogP contribution is -2.36. The van der Waals surface area contributed by atoms with Crippen LogP contribution in [0.3, 0.4) is 0 Å². The molecule has 10 rings (SSSR count). The number of hydrogen-bond acceptors (Lipinski definition) is 3. The van der Waals surface area contributed by atoms with E-state index in [0.29, 0.717) is 5.84 Å². The van der Waals surface area contributed by atoms with Crippen LogP contribution in [0.2, 0.25) is 0 Å². The lowest BCUT2D eigenvalue weighted by Gasteiger charge is -2.25. The maximum atomic E-state index is 5.22. The Bertz CT molecular complexity index is 2770. The van der Waals surface area contributed by atoms with Crippen molar-refractivity contribution >= 4 is 55.3 Å². The van der Waals surface area contributed by atoms with Crippen molar-refractivity contribution < 1.29 is 0 Å². The molecule has 2 aromatic heterocycles. The highest BCUT2D eigenvalue weighted by atomic mass is 15.3. The molecule has 1 aliphatic heterocycles. The summed E-state index contributed by atoms with van der Waals surface area (Å²) in [6.07, 6.45) is -0.397. The van der Waals surface area contributed by atoms with Gasteiger partial charge in [-0.3, -0.25) is 0 Å². The minimum atomic E-state index is -0.397. The average Bonchev–Trinajstić information content (AvgIpc) is 3.71. The molecule has 1 atom stereocenters. The van der Waals surface area contributed by atoms with Crippen molar-refractivity contribution in [3.05, 3.63) is 187 Å². The zero-order chi connectivity index (χ0) is 33.0. The Hall–Kier alpha value is -6.72. The largest absolute Gasteiger partial charge is 0.331 e. The van der Waals surface area contributed by atoms with Gasteiger partial charge < -0.3 is 14.5 Å². The molecule has 1 N–H and O–H groups in total. The number of aliphatic imine (C=N–C) groups is 2. The van der Waals surface area contributed by atoms with Crippen LogP contribution in [-0.2, 0) is 0 Å². The molecule has 50 heavy (non-hydrogen) atoms. The van der Waals surface area contributed by atoms with E-state index in [9.17, 15) is 0 Å². The highest BCUT2D eigenvalue weighted by molar-refractivity contribution is 6.14. The number of amidine groups is 2. The average molecular weight is 642 g/mol. The van der Waals surface area contributed by atoms with E-state index in [0.717, 1.165) is 33.7 Å². The number of nitrogens with zero attached hydrogens (tertiary/aromatic N) is 4. The van der Waals surface area contributed by atoms with Crippen LogP contribution in [0, 0.1) is 0 Å². The van der Waals surface area contributed by atoms with Gasteiger partial charge in [0.05, 0.1) is 22.1 Å². The maximum absolute atomic E-state index is 5.22. The first kappa shape index (κ1) is 28.3. The zero-order valence-corrected chi connectivity index (χ0v) is 27.1. The van der Waals surface area contributed by atoms with Gasteiger partial charge in [0, 0.05) is 38.4 Å². The summed E-state index contributed by atoms with van der Waals surface area (Å²) in [5.41, 5.74) is 10.2. The van der Waals surface area contributed by atoms with Crippen LogP contribution in [-0.4, -0.2) is 20.8 Å². The second-order valence-corrected chi connectivity index (χ2v) is 12.7. The minimum absolute atomic E-state index is 0.397. The van der Waals surface area contributed by atoms with E-state index in [-0.39, 0.29) is 0 Å². The van der Waals surface area contributed by atoms with Crippen molar-refractivity contribution in [3.63, 3.8) is 0 Å². The fourth-order valence-corrected chi connectivity index (χ4v) is 7.48. The van der Waals surface area contributed by atoms with Crippen LogP contribution in [0.25, 0.3) is 60.4 Å². The van der Waals surface area contributed by atoms with Crippen molar-refractivity contribution in [3.8, 4) is 16.8 Å². The Morgan fingerprint density at radius 1 is 0.420 bits per heavy atom. The normalized spacial score (nSPS) is 14.6. The molecule has 0 bridgehead atoms. The van der Waals surface area contributed by atoms with E-state index in [1.807, 2.05) is 36.4 Å². The summed E-state index contributed by atoms with van der Waals surface area (Å²) in [6, 6.07) is 62.1. The Labute approximate surface area is 289 Å². The van der Waals surface area contributed by atoms with E-state index < -0.39 is 6.29 Å². The van der Waals surface area contributed by atoms with Crippen LogP contribution in [0.15, 0.2) is 186 Å². The first-order chi connectivity index (χ1) is 24.8. The summed E-state index contributed by atoms with van der Waals surface area (Å²) in [6.45, 7) is 0. The van der Waals surface area contributed by atoms with Crippen molar-refractivity contribution in [1.82, 2.24) is 14.5 Å². The van der Waals surface area contributed by atoms with Gasteiger partial charge >= 0.3 is 0 Å². The Morgan fingerprint density at radius 2 is 0.920 bits per heavy atom. The van der Waals surface area contributed by atoms with Crippen LogP contribution in [0.4, 0.5) is 0 Å². The maximum Gasteiger partial charge on any atom is 0.204 e. The molecule has 0 radical (unpaired) electrons. The Kier molecular flexibility index (Phi) is 6.49. The quantitative estimate of drug-likeness (QED) is 0.200. The summed E-state index contributed by atoms with van der Waals surface area (Å²) >= 11 is 0. The SMILES string of the molecule is c1ccc(C2=NC(n3c4ccccc4c4cc(-c5ccc6c(c5)c5ccccc5n6-c5ccccc5)ccc43)NC(c3ccccc3)=N2)cc1. The van der Waals surface area contributed by atoms with E-state index in [2.05, 4.69) is 154 Å². The van der Waals surface area contributed by atoms with Gasteiger partial charge in [-0.15, -0.1) is 0 Å². The fourth-order valence-electron chi connectivity index (χ4n) is 7.48. The van der Waals surface area contributed by atoms with Crippen molar-refractivity contribution in [2.75, 3.05) is 0 Å². The zero-order valence-electron chi connectivity index (χ0n) is 27.1. The molecule has 1 unspecified atom stereocenters. The van der Waals surface area contributed by atoms with Gasteiger partial charge in [0.2, 0.25) is 6.29 Å². The van der Waals surface area contributed by atoms with Gasteiger partial charge in [0.25, 0.3) is 0 Å². The van der Waals surface area contributed by atoms with Crippen LogP contribution in [0.1, 0.15) is 17.4 Å². The third-order valence-corrected chi connectivity index (χ3v) is 9.78. The summed E-state index contributed by atoms with van der Waals surface area (Å²) in [5.74, 6) is 1.51. The number of aromatic nitrogens is 2. The van der Waals surface area contributed by atoms with Crippen LogP contribution in [0.5, 0.6) is 0 Å². The molecule has 0 saturated heterocycles. The standard InChI is InChI=1S/C45H31N5/c1-4-14-30(15-5-1)43-46-44(31-16-6-2-7-17-31)48-45(47-43)50-40-23-13-11-21-36(40)38-29-33(25-27-42(38)50)32-24-26-41-37(28-32)35-20-10-12-22-39(35)49(41)34-18-8-3-9-19-34/h1-29,45H,(H,46,47,48). The molecule has 236 valence electrons. The molecule has 0 saturated carbocycles. The van der Waals surface area contributed by atoms with E-state index in [1.165, 1.54) is 43.7 Å². The summed E-state index contributed by atoms with van der Waals surface area (Å²) < 4.78 is 4.67. The molecule has 0 spiro atoms. The lowest BCUT2D eigenvalue weighted by atomic mass is 10.0. The van der Waals surface area contributed by atoms with E-state index >= 15 is 0 Å². The topological polar surface area (TPSA) is 46.6 Å². The Balaban J connectivity index is 1.13. The van der Waals surface area contributed by atoms with Crippen LogP contribution >= 0.6 is 0 Å². The molecule has 3 heterocycles. The molecule has 0 amide bonds. The highest BCUT2D eigenvalue weighted by Gasteiger charge is 2.24. The number of nitrogens with one attached hydrogen (secondary N) is 1. The molecule has 7 aromatic carbocycles. The highest BCUT2D eigenvalue weighted by Crippen LogP contribution is 2.38. The molecule has 0 fully saturated rings. The monoisotopic (exact) mass is 641 g/mol. The molecular weight excluding hydrogens is 611 g/mol. The smallest absolute Gasteiger partial charge is 0.204 e. The first-order valence-electron chi connectivity index (χ1n) is 17.0. The van der Waals surface area contributed by atoms with Gasteiger partial charge in [-0.05, 0) is 59.7 Å². The predicted octanol–water partition coefficient (Wildman–Crippen LogP) is 10.5.